The molecule has 7 aliphatic rings. The SMILES string of the molecule is CCOC(=O)n1nc(-c2ccccc2)cc1C(=O)NC1(C(=O)N[C@@]23CC[C@]4(C)[C@H](CC[C@@H]5[C@@]6(C)CC[C@H](OC(=O)[C@H]7C[C@@H](C(=O)O)C7(C)C)C(C)(C)[C@@H]6CC[C@]54C)C2=C(C(C)C)C(=O)C3)CC1. The zero-order valence-electron chi connectivity index (χ0n) is 41.3. The monoisotopic (exact) mass is 921 g/mol. The van der Waals surface area contributed by atoms with Crippen LogP contribution in [-0.2, 0) is 28.7 Å². The third kappa shape index (κ3) is 6.98. The normalized spacial score (nSPS) is 36.3. The van der Waals surface area contributed by atoms with Crippen molar-refractivity contribution in [2.75, 3.05) is 6.61 Å². The van der Waals surface area contributed by atoms with Gasteiger partial charge in [-0.15, -0.1) is 0 Å². The van der Waals surface area contributed by atoms with E-state index in [1.807, 2.05) is 44.2 Å². The Kier molecular flexibility index (Phi) is 11.2. The topological polar surface area (TPSA) is 183 Å². The Hall–Kier alpha value is -4.81. The van der Waals surface area contributed by atoms with Gasteiger partial charge in [-0.25, -0.2) is 4.79 Å². The first-order chi connectivity index (χ1) is 31.4. The second kappa shape index (κ2) is 15.9. The van der Waals surface area contributed by atoms with Gasteiger partial charge in [0.25, 0.3) is 5.91 Å². The molecule has 1 heterocycles. The number of nitrogens with one attached hydrogen (secondary N) is 2. The number of nitrogens with zero attached hydrogens (tertiary/aromatic N) is 2. The molecule has 6 fully saturated rings. The van der Waals surface area contributed by atoms with Gasteiger partial charge < -0.3 is 25.2 Å². The van der Waals surface area contributed by atoms with Crippen LogP contribution in [0.3, 0.4) is 0 Å². The first-order valence-electron chi connectivity index (χ1n) is 25.1. The molecule has 2 aromatic rings. The minimum absolute atomic E-state index is 0.0118. The number of carboxylic acid groups (broad SMARTS) is 1. The zero-order valence-corrected chi connectivity index (χ0v) is 41.3. The van der Waals surface area contributed by atoms with Gasteiger partial charge in [0.2, 0.25) is 5.91 Å². The predicted molar refractivity (Wildman–Crippen MR) is 250 cm³/mol. The molecule has 1 aromatic heterocycles. The van der Waals surface area contributed by atoms with E-state index < -0.39 is 46.3 Å². The average Bonchev–Trinajstić information content (AvgIpc) is 3.78. The van der Waals surface area contributed by atoms with Gasteiger partial charge in [0.05, 0.1) is 29.7 Å². The number of carbonyl (C=O) groups is 6. The van der Waals surface area contributed by atoms with E-state index in [1.165, 1.54) is 0 Å². The Balaban J connectivity index is 0.956. The van der Waals surface area contributed by atoms with E-state index in [4.69, 9.17) is 9.47 Å². The van der Waals surface area contributed by atoms with Crippen LogP contribution >= 0.6 is 0 Å². The molecule has 362 valence electrons. The number of esters is 1. The standard InChI is InChI=1S/C54H72N4O9/c1-11-66-47(65)58-36(28-35(57-58)31-15-13-12-14-16-31)43(60)55-53(25-26-53)46(64)56-54-24-23-51(9)32(42(54)41(30(2)3)37(59)29-54)17-18-39-50(8)21-20-40(49(6,7)38(50)19-22-52(39,51)10)67-45(63)34-27-33(44(61)62)48(34,4)5/h12-16,28,30,32-34,38-40H,11,17-27,29H2,1-10H3,(H,55,60)(H,56,64)(H,61,62)/t32-,33+,34-,38+,39-,40+,50+,51-,52-,54-/m1/s1. The minimum Gasteiger partial charge on any atom is -0.481 e. The van der Waals surface area contributed by atoms with E-state index in [-0.39, 0.29) is 76.0 Å². The fourth-order valence-corrected chi connectivity index (χ4v) is 15.7. The van der Waals surface area contributed by atoms with Gasteiger partial charge in [0.1, 0.15) is 17.3 Å². The van der Waals surface area contributed by atoms with Crippen molar-refractivity contribution in [3.8, 4) is 11.3 Å². The summed E-state index contributed by atoms with van der Waals surface area (Å²) < 4.78 is 12.7. The molecule has 0 bridgehead atoms. The van der Waals surface area contributed by atoms with Gasteiger partial charge >= 0.3 is 18.0 Å². The Bertz CT molecular complexity index is 2450. The highest BCUT2D eigenvalue weighted by atomic mass is 16.6. The second-order valence-electron chi connectivity index (χ2n) is 23.9. The zero-order chi connectivity index (χ0) is 48.4. The van der Waals surface area contributed by atoms with Crippen LogP contribution in [0.2, 0.25) is 0 Å². The van der Waals surface area contributed by atoms with Gasteiger partial charge in [0.15, 0.2) is 5.78 Å². The summed E-state index contributed by atoms with van der Waals surface area (Å²) in [5, 5.41) is 20.6. The van der Waals surface area contributed by atoms with Crippen molar-refractivity contribution in [3.63, 3.8) is 0 Å². The summed E-state index contributed by atoms with van der Waals surface area (Å²) in [5.74, 6) is -2.13. The summed E-state index contributed by atoms with van der Waals surface area (Å²) in [6.07, 6.45) is 7.38. The van der Waals surface area contributed by atoms with Crippen molar-refractivity contribution in [1.82, 2.24) is 20.4 Å². The van der Waals surface area contributed by atoms with Crippen molar-refractivity contribution in [3.05, 3.63) is 53.2 Å². The van der Waals surface area contributed by atoms with Gasteiger partial charge in [-0.1, -0.05) is 92.6 Å². The Morgan fingerprint density at radius 2 is 1.52 bits per heavy atom. The van der Waals surface area contributed by atoms with Crippen LogP contribution in [0.4, 0.5) is 4.79 Å². The quantitative estimate of drug-likeness (QED) is 0.194. The number of aromatic nitrogens is 2. The lowest BCUT2D eigenvalue weighted by Crippen LogP contribution is -2.68. The molecular formula is C54H72N4O9. The number of benzene rings is 1. The molecule has 10 atom stereocenters. The Labute approximate surface area is 395 Å². The molecular weight excluding hydrogens is 849 g/mol. The fourth-order valence-electron chi connectivity index (χ4n) is 15.7. The summed E-state index contributed by atoms with van der Waals surface area (Å²) >= 11 is 0. The molecule has 0 spiro atoms. The number of ether oxygens (including phenoxy) is 2. The molecule has 7 aliphatic carbocycles. The molecule has 0 radical (unpaired) electrons. The van der Waals surface area contributed by atoms with Crippen molar-refractivity contribution in [2.45, 2.75) is 163 Å². The molecule has 2 amide bonds. The molecule has 3 N–H and O–H groups in total. The number of fused-ring (bicyclic) bond motifs is 7. The first-order valence-corrected chi connectivity index (χ1v) is 25.1. The van der Waals surface area contributed by atoms with Gasteiger partial charge in [-0.3, -0.25) is 24.0 Å². The number of carbonyl (C=O) groups excluding carboxylic acids is 5. The van der Waals surface area contributed by atoms with E-state index in [0.717, 1.165) is 66.3 Å². The summed E-state index contributed by atoms with van der Waals surface area (Å²) in [4.78, 5) is 82.0. The highest BCUT2D eigenvalue weighted by Crippen LogP contribution is 2.76. The number of allylic oxidation sites excluding steroid dienone is 1. The number of hydrogen-bond acceptors (Lipinski definition) is 9. The van der Waals surface area contributed by atoms with Crippen LogP contribution in [0, 0.1) is 62.6 Å². The minimum atomic E-state index is -1.20. The Morgan fingerprint density at radius 1 is 0.821 bits per heavy atom. The summed E-state index contributed by atoms with van der Waals surface area (Å²) in [7, 11) is 0. The lowest BCUT2D eigenvalue weighted by molar-refractivity contribution is -0.235. The molecule has 9 rings (SSSR count). The van der Waals surface area contributed by atoms with Gasteiger partial charge in [-0.2, -0.15) is 9.78 Å². The lowest BCUT2D eigenvalue weighted by atomic mass is 9.33. The third-order valence-electron chi connectivity index (χ3n) is 19.8. The molecule has 0 unspecified atom stereocenters. The third-order valence-corrected chi connectivity index (χ3v) is 19.8. The smallest absolute Gasteiger partial charge is 0.435 e. The Morgan fingerprint density at radius 3 is 2.15 bits per heavy atom. The van der Waals surface area contributed by atoms with Crippen LogP contribution < -0.4 is 10.6 Å². The molecule has 6 saturated carbocycles. The van der Waals surface area contributed by atoms with Crippen molar-refractivity contribution in [2.24, 2.45) is 62.6 Å². The second-order valence-corrected chi connectivity index (χ2v) is 23.9. The first kappa shape index (κ1) is 47.3. The van der Waals surface area contributed by atoms with Crippen molar-refractivity contribution >= 4 is 35.6 Å². The van der Waals surface area contributed by atoms with E-state index in [9.17, 15) is 33.9 Å². The number of carboxylic acids is 1. The maximum atomic E-state index is 14.8. The number of amides is 2. The molecule has 0 aliphatic heterocycles. The van der Waals surface area contributed by atoms with E-state index in [2.05, 4.69) is 64.2 Å². The summed E-state index contributed by atoms with van der Waals surface area (Å²) in [6.45, 7) is 21.7. The van der Waals surface area contributed by atoms with Gasteiger partial charge in [0, 0.05) is 17.4 Å². The molecule has 13 heteroatoms. The number of hydrogen-bond donors (Lipinski definition) is 3. The number of aliphatic carboxylic acids is 1. The average molecular weight is 921 g/mol. The molecule has 13 nitrogen and oxygen atoms in total. The van der Waals surface area contributed by atoms with Crippen LogP contribution in [0.5, 0.6) is 0 Å². The number of ketones is 1. The number of rotatable bonds is 10. The van der Waals surface area contributed by atoms with Gasteiger partial charge in [-0.05, 0) is 140 Å². The van der Waals surface area contributed by atoms with E-state index in [1.54, 1.807) is 13.0 Å². The van der Waals surface area contributed by atoms with Crippen LogP contribution in [0.25, 0.3) is 11.3 Å². The number of Topliss-reactive ketones (excluding diaryl/α,β-unsaturated/α-hetero) is 1. The highest BCUT2D eigenvalue weighted by molar-refractivity contribution is 6.05. The summed E-state index contributed by atoms with van der Waals surface area (Å²) in [5.41, 5.74) is -0.146. The van der Waals surface area contributed by atoms with Crippen molar-refractivity contribution in [1.29, 1.82) is 0 Å². The fraction of sp³-hybridized carbons (Fsp3) is 0.685. The predicted octanol–water partition coefficient (Wildman–Crippen LogP) is 9.33. The maximum Gasteiger partial charge on any atom is 0.435 e. The van der Waals surface area contributed by atoms with E-state index in [0.29, 0.717) is 43.2 Å². The van der Waals surface area contributed by atoms with Crippen molar-refractivity contribution < 1.29 is 43.3 Å². The lowest BCUT2D eigenvalue weighted by Gasteiger charge is -2.72. The highest BCUT2D eigenvalue weighted by Gasteiger charge is 2.71. The largest absolute Gasteiger partial charge is 0.481 e. The van der Waals surface area contributed by atoms with Crippen LogP contribution in [0.15, 0.2) is 47.5 Å². The van der Waals surface area contributed by atoms with Crippen LogP contribution in [0.1, 0.15) is 157 Å². The maximum absolute atomic E-state index is 14.8. The molecule has 1 aromatic carbocycles. The summed E-state index contributed by atoms with van der Waals surface area (Å²) in [6, 6.07) is 10.8. The molecule has 67 heavy (non-hydrogen) atoms. The molecule has 0 saturated heterocycles. The van der Waals surface area contributed by atoms with Crippen LogP contribution in [-0.4, -0.2) is 74.3 Å². The van der Waals surface area contributed by atoms with E-state index >= 15 is 0 Å².